The highest BCUT2D eigenvalue weighted by Crippen LogP contribution is 2.20. The van der Waals surface area contributed by atoms with Crippen LogP contribution in [0.15, 0.2) is 24.8 Å². The molecule has 1 aromatic rings. The fourth-order valence-electron chi connectivity index (χ4n) is 1.29. The van der Waals surface area contributed by atoms with Crippen LogP contribution in [0.25, 0.3) is 5.57 Å². The second kappa shape index (κ2) is 4.13. The first kappa shape index (κ1) is 9.85. The molecule has 0 aliphatic heterocycles. The lowest BCUT2D eigenvalue weighted by Crippen LogP contribution is -1.92. The van der Waals surface area contributed by atoms with Crippen molar-refractivity contribution in [1.29, 1.82) is 0 Å². The van der Waals surface area contributed by atoms with Crippen LogP contribution in [-0.4, -0.2) is 7.05 Å². The molecule has 0 saturated carbocycles. The van der Waals surface area contributed by atoms with Gasteiger partial charge in [-0.25, -0.2) is 0 Å². The van der Waals surface area contributed by atoms with Gasteiger partial charge in [-0.05, 0) is 36.6 Å². The smallest absolute Gasteiger partial charge is 0.0346 e. The Morgan fingerprint density at radius 1 is 1.38 bits per heavy atom. The molecule has 70 valence electrons. The number of nitrogens with one attached hydrogen (secondary N) is 1. The van der Waals surface area contributed by atoms with Crippen molar-refractivity contribution in [2.75, 3.05) is 12.4 Å². The van der Waals surface area contributed by atoms with Crippen molar-refractivity contribution in [3.63, 3.8) is 0 Å². The van der Waals surface area contributed by atoms with Crippen LogP contribution in [0.3, 0.4) is 0 Å². The Morgan fingerprint density at radius 2 is 2.08 bits per heavy atom. The van der Waals surface area contributed by atoms with Gasteiger partial charge in [0.05, 0.1) is 0 Å². The molecular formula is C12H17N. The van der Waals surface area contributed by atoms with Crippen LogP contribution in [0, 0.1) is 0 Å². The largest absolute Gasteiger partial charge is 0.388 e. The summed E-state index contributed by atoms with van der Waals surface area (Å²) in [5.74, 6) is 0. The lowest BCUT2D eigenvalue weighted by Gasteiger charge is -2.07. The predicted octanol–water partition coefficient (Wildman–Crippen LogP) is 3.32. The van der Waals surface area contributed by atoms with Crippen LogP contribution in [0.1, 0.15) is 25.0 Å². The highest BCUT2D eigenvalue weighted by Gasteiger charge is 1.98. The molecule has 1 N–H and O–H groups in total. The first-order chi connectivity index (χ1) is 6.17. The van der Waals surface area contributed by atoms with Crippen molar-refractivity contribution in [2.24, 2.45) is 0 Å². The maximum absolute atomic E-state index is 3.95. The van der Waals surface area contributed by atoms with E-state index in [4.69, 9.17) is 0 Å². The van der Waals surface area contributed by atoms with Gasteiger partial charge >= 0.3 is 0 Å². The quantitative estimate of drug-likeness (QED) is 0.743. The number of allylic oxidation sites excluding steroid dienone is 1. The van der Waals surface area contributed by atoms with Gasteiger partial charge in [0.2, 0.25) is 0 Å². The number of aryl methyl sites for hydroxylation is 1. The minimum atomic E-state index is 1.07. The third kappa shape index (κ3) is 2.35. The van der Waals surface area contributed by atoms with Gasteiger partial charge in [-0.2, -0.15) is 0 Å². The van der Waals surface area contributed by atoms with E-state index in [1.165, 1.54) is 11.1 Å². The maximum atomic E-state index is 3.95. The molecule has 0 heterocycles. The first-order valence-electron chi connectivity index (χ1n) is 4.65. The van der Waals surface area contributed by atoms with Gasteiger partial charge in [-0.1, -0.05) is 25.1 Å². The zero-order valence-electron chi connectivity index (χ0n) is 8.65. The van der Waals surface area contributed by atoms with E-state index in [0.29, 0.717) is 0 Å². The third-order valence-electron chi connectivity index (χ3n) is 2.18. The Kier molecular flexibility index (Phi) is 3.13. The molecule has 0 amide bonds. The van der Waals surface area contributed by atoms with Crippen molar-refractivity contribution in [2.45, 2.75) is 20.3 Å². The first-order valence-corrected chi connectivity index (χ1v) is 4.65. The van der Waals surface area contributed by atoms with E-state index in [1.807, 2.05) is 14.0 Å². The van der Waals surface area contributed by atoms with Gasteiger partial charge in [0.1, 0.15) is 0 Å². The number of rotatable bonds is 3. The monoisotopic (exact) mass is 175 g/mol. The topological polar surface area (TPSA) is 12.0 Å². The highest BCUT2D eigenvalue weighted by molar-refractivity contribution is 5.66. The lowest BCUT2D eigenvalue weighted by atomic mass is 10.0. The van der Waals surface area contributed by atoms with Crippen molar-refractivity contribution in [3.8, 4) is 0 Å². The van der Waals surface area contributed by atoms with Crippen molar-refractivity contribution in [1.82, 2.24) is 0 Å². The molecule has 1 aromatic carbocycles. The Balaban J connectivity index is 3.14. The minimum Gasteiger partial charge on any atom is -0.388 e. The predicted molar refractivity (Wildman–Crippen MR) is 60.1 cm³/mol. The number of benzene rings is 1. The van der Waals surface area contributed by atoms with Crippen LogP contribution in [-0.2, 0) is 6.42 Å². The van der Waals surface area contributed by atoms with Crippen LogP contribution < -0.4 is 5.32 Å². The molecule has 0 radical (unpaired) electrons. The number of hydrogen-bond donors (Lipinski definition) is 1. The number of anilines is 1. The molecule has 0 atom stereocenters. The standard InChI is InChI=1S/C12H17N/c1-5-10-6-11(9(2)3)8-12(7-10)13-4/h6-8,13H,2,5H2,1,3-4H3. The van der Waals surface area contributed by atoms with E-state index in [-0.39, 0.29) is 0 Å². The summed E-state index contributed by atoms with van der Waals surface area (Å²) in [4.78, 5) is 0. The third-order valence-corrected chi connectivity index (χ3v) is 2.18. The summed E-state index contributed by atoms with van der Waals surface area (Å²) < 4.78 is 0. The maximum Gasteiger partial charge on any atom is 0.0346 e. The molecule has 0 aliphatic carbocycles. The second-order valence-electron chi connectivity index (χ2n) is 3.30. The summed E-state index contributed by atoms with van der Waals surface area (Å²) in [5.41, 5.74) is 4.86. The minimum absolute atomic E-state index is 1.07. The average Bonchev–Trinajstić information content (AvgIpc) is 2.16. The Morgan fingerprint density at radius 3 is 2.54 bits per heavy atom. The Bertz CT molecular complexity index is 291. The van der Waals surface area contributed by atoms with E-state index < -0.39 is 0 Å². The number of hydrogen-bond acceptors (Lipinski definition) is 1. The summed E-state index contributed by atoms with van der Waals surface area (Å²) in [5, 5.41) is 3.16. The fourth-order valence-corrected chi connectivity index (χ4v) is 1.29. The van der Waals surface area contributed by atoms with Crippen molar-refractivity contribution < 1.29 is 0 Å². The molecule has 13 heavy (non-hydrogen) atoms. The molecule has 0 aromatic heterocycles. The molecule has 0 fully saturated rings. The van der Waals surface area contributed by atoms with E-state index in [2.05, 4.69) is 37.0 Å². The van der Waals surface area contributed by atoms with Crippen LogP contribution in [0.5, 0.6) is 0 Å². The van der Waals surface area contributed by atoms with E-state index in [1.54, 1.807) is 0 Å². The van der Waals surface area contributed by atoms with Crippen molar-refractivity contribution >= 4 is 11.3 Å². The van der Waals surface area contributed by atoms with Gasteiger partial charge in [0.15, 0.2) is 0 Å². The zero-order valence-corrected chi connectivity index (χ0v) is 8.65. The van der Waals surface area contributed by atoms with Crippen LogP contribution in [0.2, 0.25) is 0 Å². The van der Waals surface area contributed by atoms with Crippen molar-refractivity contribution in [3.05, 3.63) is 35.9 Å². The fraction of sp³-hybridized carbons (Fsp3) is 0.333. The highest BCUT2D eigenvalue weighted by atomic mass is 14.8. The van der Waals surface area contributed by atoms with Gasteiger partial charge in [0, 0.05) is 12.7 Å². The Hall–Kier alpha value is -1.24. The van der Waals surface area contributed by atoms with Gasteiger partial charge in [0.25, 0.3) is 0 Å². The molecule has 1 nitrogen and oxygen atoms in total. The molecule has 1 heteroatoms. The lowest BCUT2D eigenvalue weighted by molar-refractivity contribution is 1.14. The summed E-state index contributed by atoms with van der Waals surface area (Å²) in [7, 11) is 1.94. The van der Waals surface area contributed by atoms with E-state index in [9.17, 15) is 0 Å². The van der Waals surface area contributed by atoms with Crippen LogP contribution >= 0.6 is 0 Å². The molecular weight excluding hydrogens is 158 g/mol. The van der Waals surface area contributed by atoms with E-state index in [0.717, 1.165) is 17.7 Å². The second-order valence-corrected chi connectivity index (χ2v) is 3.30. The molecule has 0 aliphatic rings. The molecule has 0 unspecified atom stereocenters. The van der Waals surface area contributed by atoms with Gasteiger partial charge in [-0.15, -0.1) is 0 Å². The summed E-state index contributed by atoms with van der Waals surface area (Å²) >= 11 is 0. The summed E-state index contributed by atoms with van der Waals surface area (Å²) in [6, 6.07) is 6.50. The summed E-state index contributed by atoms with van der Waals surface area (Å²) in [6.07, 6.45) is 1.07. The molecule has 1 rings (SSSR count). The SMILES string of the molecule is C=C(C)c1cc(CC)cc(NC)c1. The zero-order chi connectivity index (χ0) is 9.84. The molecule has 0 bridgehead atoms. The van der Waals surface area contributed by atoms with E-state index >= 15 is 0 Å². The average molecular weight is 175 g/mol. The Labute approximate surface area is 80.5 Å². The summed E-state index contributed by atoms with van der Waals surface area (Å²) in [6.45, 7) is 8.15. The van der Waals surface area contributed by atoms with Gasteiger partial charge < -0.3 is 5.32 Å². The molecule has 0 saturated heterocycles. The van der Waals surface area contributed by atoms with Gasteiger partial charge in [-0.3, -0.25) is 0 Å². The normalized spacial score (nSPS) is 9.77. The van der Waals surface area contributed by atoms with Crippen LogP contribution in [0.4, 0.5) is 5.69 Å². The molecule has 0 spiro atoms.